The van der Waals surface area contributed by atoms with Gasteiger partial charge in [-0.1, -0.05) is 15.9 Å². The summed E-state index contributed by atoms with van der Waals surface area (Å²) < 4.78 is 0.926. The van der Waals surface area contributed by atoms with Crippen LogP contribution >= 0.6 is 15.9 Å². The molecule has 1 heterocycles. The molecule has 1 aromatic rings. The summed E-state index contributed by atoms with van der Waals surface area (Å²) in [6, 6.07) is 9.38. The number of hydrogen-bond donors (Lipinski definition) is 2. The number of halogens is 1. The van der Waals surface area contributed by atoms with E-state index in [9.17, 15) is 10.1 Å². The number of carbonyl (C=O) groups excluding carboxylic acids is 1. The normalized spacial score (nSPS) is 20.0. The molecule has 2 rings (SSSR count). The second kappa shape index (κ2) is 7.19. The zero-order chi connectivity index (χ0) is 18.8. The first-order chi connectivity index (χ1) is 11.5. The molecule has 0 aliphatic carbocycles. The molecular formula is C19H25BrN4O. The molecule has 1 amide bonds. The van der Waals surface area contributed by atoms with Crippen LogP contribution in [0.2, 0.25) is 0 Å². The maximum atomic E-state index is 12.5. The summed E-state index contributed by atoms with van der Waals surface area (Å²) in [6.45, 7) is 8.36. The number of anilines is 1. The number of nitrogens with zero attached hydrogens (tertiary/aromatic N) is 2. The van der Waals surface area contributed by atoms with Gasteiger partial charge in [0.05, 0.1) is 0 Å². The third-order valence-corrected chi connectivity index (χ3v) is 5.08. The first-order valence-electron chi connectivity index (χ1n) is 8.29. The zero-order valence-corrected chi connectivity index (χ0v) is 16.7. The van der Waals surface area contributed by atoms with Gasteiger partial charge in [0.25, 0.3) is 5.91 Å². The number of hydrogen-bond acceptors (Lipinski definition) is 4. The Morgan fingerprint density at radius 1 is 1.28 bits per heavy atom. The van der Waals surface area contributed by atoms with Gasteiger partial charge in [-0.3, -0.25) is 4.79 Å². The maximum Gasteiger partial charge on any atom is 0.267 e. The van der Waals surface area contributed by atoms with Crippen molar-refractivity contribution in [2.75, 3.05) is 5.32 Å². The molecule has 0 unspecified atom stereocenters. The van der Waals surface area contributed by atoms with Crippen molar-refractivity contribution in [1.82, 2.24) is 4.90 Å². The van der Waals surface area contributed by atoms with Gasteiger partial charge in [0, 0.05) is 33.5 Å². The van der Waals surface area contributed by atoms with E-state index in [1.165, 1.54) is 0 Å². The SMILES string of the molecule is CC1(C)CC(N)CC(C)(C)N1/C=C(/C#N)C(=O)Nc1ccc(Br)cc1. The van der Waals surface area contributed by atoms with Crippen LogP contribution in [0.25, 0.3) is 0 Å². The molecule has 1 saturated heterocycles. The fourth-order valence-electron chi connectivity index (χ4n) is 3.72. The minimum Gasteiger partial charge on any atom is -0.366 e. The molecular weight excluding hydrogens is 380 g/mol. The molecule has 0 saturated carbocycles. The molecule has 0 spiro atoms. The minimum atomic E-state index is -0.411. The monoisotopic (exact) mass is 404 g/mol. The first-order valence-corrected chi connectivity index (χ1v) is 9.08. The van der Waals surface area contributed by atoms with Gasteiger partial charge in [-0.05, 0) is 64.8 Å². The number of nitrogens with one attached hydrogen (secondary N) is 1. The Bertz CT molecular complexity index is 698. The van der Waals surface area contributed by atoms with Crippen LogP contribution in [-0.2, 0) is 4.79 Å². The van der Waals surface area contributed by atoms with Gasteiger partial charge >= 0.3 is 0 Å². The van der Waals surface area contributed by atoms with E-state index in [1.54, 1.807) is 18.3 Å². The number of amides is 1. The summed E-state index contributed by atoms with van der Waals surface area (Å²) in [5.74, 6) is -0.411. The summed E-state index contributed by atoms with van der Waals surface area (Å²) in [5.41, 5.74) is 6.45. The van der Waals surface area contributed by atoms with Gasteiger partial charge in [0.2, 0.25) is 0 Å². The topological polar surface area (TPSA) is 82.2 Å². The van der Waals surface area contributed by atoms with Gasteiger partial charge in [0.15, 0.2) is 0 Å². The van der Waals surface area contributed by atoms with Crippen LogP contribution in [-0.4, -0.2) is 27.9 Å². The molecule has 5 nitrogen and oxygen atoms in total. The average molecular weight is 405 g/mol. The van der Waals surface area contributed by atoms with E-state index in [4.69, 9.17) is 5.73 Å². The van der Waals surface area contributed by atoms with Crippen molar-refractivity contribution in [2.45, 2.75) is 57.7 Å². The standard InChI is InChI=1S/C19H25BrN4O/c1-18(2)9-15(22)10-19(3,4)24(18)12-13(11-21)17(25)23-16-7-5-14(20)6-8-16/h5-8,12,15H,9-10,22H2,1-4H3,(H,23,25)/b13-12-. The second-order valence-electron chi connectivity index (χ2n) is 7.78. The summed E-state index contributed by atoms with van der Waals surface area (Å²) in [6.07, 6.45) is 3.29. The number of carbonyl (C=O) groups is 1. The Morgan fingerprint density at radius 3 is 2.28 bits per heavy atom. The van der Waals surface area contributed by atoms with Crippen LogP contribution < -0.4 is 11.1 Å². The second-order valence-corrected chi connectivity index (χ2v) is 8.69. The lowest BCUT2D eigenvalue weighted by Crippen LogP contribution is -2.61. The van der Waals surface area contributed by atoms with Gasteiger partial charge in [-0.15, -0.1) is 0 Å². The minimum absolute atomic E-state index is 0.0829. The molecule has 1 aliphatic heterocycles. The highest BCUT2D eigenvalue weighted by molar-refractivity contribution is 9.10. The summed E-state index contributed by atoms with van der Waals surface area (Å²) in [4.78, 5) is 14.6. The average Bonchev–Trinajstić information content (AvgIpc) is 2.47. The van der Waals surface area contributed by atoms with Crippen molar-refractivity contribution < 1.29 is 4.79 Å². The number of benzene rings is 1. The Hall–Kier alpha value is -1.84. The van der Waals surface area contributed by atoms with E-state index >= 15 is 0 Å². The van der Waals surface area contributed by atoms with E-state index in [1.807, 2.05) is 18.2 Å². The van der Waals surface area contributed by atoms with Crippen LogP contribution in [0.5, 0.6) is 0 Å². The lowest BCUT2D eigenvalue weighted by molar-refractivity contribution is -0.112. The van der Waals surface area contributed by atoms with E-state index in [0.29, 0.717) is 5.69 Å². The first kappa shape index (κ1) is 19.5. The Morgan fingerprint density at radius 2 is 1.80 bits per heavy atom. The molecule has 134 valence electrons. The van der Waals surface area contributed by atoms with Crippen molar-refractivity contribution in [1.29, 1.82) is 5.26 Å². The lowest BCUT2D eigenvalue weighted by atomic mass is 9.77. The molecule has 1 aromatic carbocycles. The molecule has 0 aromatic heterocycles. The molecule has 3 N–H and O–H groups in total. The molecule has 25 heavy (non-hydrogen) atoms. The van der Waals surface area contributed by atoms with E-state index in [2.05, 4.69) is 53.8 Å². The third kappa shape index (κ3) is 4.62. The molecule has 1 fully saturated rings. The van der Waals surface area contributed by atoms with Crippen molar-refractivity contribution in [3.63, 3.8) is 0 Å². The van der Waals surface area contributed by atoms with Crippen molar-refractivity contribution >= 4 is 27.5 Å². The molecule has 1 aliphatic rings. The van der Waals surface area contributed by atoms with Crippen LogP contribution in [0.15, 0.2) is 40.5 Å². The summed E-state index contributed by atoms with van der Waals surface area (Å²) in [7, 11) is 0. The molecule has 0 atom stereocenters. The maximum absolute atomic E-state index is 12.5. The number of likely N-dealkylation sites (tertiary alicyclic amines) is 1. The van der Waals surface area contributed by atoms with Crippen LogP contribution in [0.1, 0.15) is 40.5 Å². The van der Waals surface area contributed by atoms with Crippen molar-refractivity contribution in [3.8, 4) is 6.07 Å². The van der Waals surface area contributed by atoms with Gasteiger partial charge < -0.3 is 16.0 Å². The Kier molecular flexibility index (Phi) is 5.60. The van der Waals surface area contributed by atoms with Crippen LogP contribution in [0.4, 0.5) is 5.69 Å². The van der Waals surface area contributed by atoms with E-state index < -0.39 is 5.91 Å². The van der Waals surface area contributed by atoms with E-state index in [-0.39, 0.29) is 22.7 Å². The Balaban J connectivity index is 2.27. The number of nitrogens with two attached hydrogens (primary N) is 1. The smallest absolute Gasteiger partial charge is 0.267 e. The largest absolute Gasteiger partial charge is 0.366 e. The highest BCUT2D eigenvalue weighted by atomic mass is 79.9. The number of nitriles is 1. The zero-order valence-electron chi connectivity index (χ0n) is 15.1. The molecule has 6 heteroatoms. The fraction of sp³-hybridized carbons (Fsp3) is 0.474. The molecule has 0 radical (unpaired) electrons. The van der Waals surface area contributed by atoms with Crippen LogP contribution in [0, 0.1) is 11.3 Å². The van der Waals surface area contributed by atoms with E-state index in [0.717, 1.165) is 17.3 Å². The quantitative estimate of drug-likeness (QED) is 0.593. The fourth-order valence-corrected chi connectivity index (χ4v) is 3.98. The van der Waals surface area contributed by atoms with Gasteiger partial charge in [-0.2, -0.15) is 5.26 Å². The number of rotatable bonds is 3. The highest BCUT2D eigenvalue weighted by Gasteiger charge is 2.43. The predicted octanol–water partition coefficient (Wildman–Crippen LogP) is 3.78. The highest BCUT2D eigenvalue weighted by Crippen LogP contribution is 2.38. The third-order valence-electron chi connectivity index (χ3n) is 4.55. The van der Waals surface area contributed by atoms with Crippen LogP contribution in [0.3, 0.4) is 0 Å². The van der Waals surface area contributed by atoms with Crippen molar-refractivity contribution in [2.24, 2.45) is 5.73 Å². The van der Waals surface area contributed by atoms with Crippen molar-refractivity contribution in [3.05, 3.63) is 40.5 Å². The number of piperidine rings is 1. The van der Waals surface area contributed by atoms with Gasteiger partial charge in [0.1, 0.15) is 11.6 Å². The summed E-state index contributed by atoms with van der Waals surface area (Å²) >= 11 is 3.36. The lowest BCUT2D eigenvalue weighted by Gasteiger charge is -2.54. The Labute approximate surface area is 158 Å². The molecule has 0 bridgehead atoms. The van der Waals surface area contributed by atoms with Gasteiger partial charge in [-0.25, -0.2) is 0 Å². The summed E-state index contributed by atoms with van der Waals surface area (Å²) in [5, 5.41) is 12.3. The predicted molar refractivity (Wildman–Crippen MR) is 104 cm³/mol.